The van der Waals surface area contributed by atoms with Crippen molar-refractivity contribution in [2.24, 2.45) is 4.99 Å². The molecule has 2 fully saturated rings. The molecule has 8 heteroatoms. The summed E-state index contributed by atoms with van der Waals surface area (Å²) >= 11 is 0. The molecule has 162 valence electrons. The maximum absolute atomic E-state index is 13.3. The van der Waals surface area contributed by atoms with Crippen LogP contribution < -0.4 is 9.64 Å². The van der Waals surface area contributed by atoms with Gasteiger partial charge < -0.3 is 19.4 Å². The summed E-state index contributed by atoms with van der Waals surface area (Å²) in [5.74, 6) is 1.45. The number of likely N-dealkylation sites (N-methyl/N-ethyl adjacent to an activating group) is 1. The molecule has 30 heavy (non-hydrogen) atoms. The van der Waals surface area contributed by atoms with Crippen LogP contribution in [0.5, 0.6) is 5.75 Å². The summed E-state index contributed by atoms with van der Waals surface area (Å²) in [6, 6.07) is 7.15. The lowest BCUT2D eigenvalue weighted by atomic mass is 10.1. The first-order valence-corrected chi connectivity index (χ1v) is 10.9. The fourth-order valence-electron chi connectivity index (χ4n) is 4.52. The van der Waals surface area contributed by atoms with Crippen LogP contribution in [0.1, 0.15) is 39.0 Å². The Bertz CT molecular complexity index is 825. The predicted molar refractivity (Wildman–Crippen MR) is 116 cm³/mol. The van der Waals surface area contributed by atoms with E-state index in [1.807, 2.05) is 24.3 Å². The van der Waals surface area contributed by atoms with Crippen molar-refractivity contribution in [3.63, 3.8) is 0 Å². The molecule has 3 amide bonds. The van der Waals surface area contributed by atoms with E-state index in [2.05, 4.69) is 16.7 Å². The summed E-state index contributed by atoms with van der Waals surface area (Å²) in [5, 5.41) is 0. The number of benzene rings is 1. The Balaban J connectivity index is 1.49. The van der Waals surface area contributed by atoms with Crippen LogP contribution in [0, 0.1) is 0 Å². The molecule has 0 bridgehead atoms. The van der Waals surface area contributed by atoms with Gasteiger partial charge in [-0.2, -0.15) is 0 Å². The summed E-state index contributed by atoms with van der Waals surface area (Å²) in [6.45, 7) is 4.14. The van der Waals surface area contributed by atoms with Gasteiger partial charge in [0.2, 0.25) is 5.96 Å². The van der Waals surface area contributed by atoms with Crippen LogP contribution in [-0.4, -0.2) is 78.6 Å². The number of carbonyl (C=O) groups is 2. The maximum atomic E-state index is 13.3. The molecule has 2 saturated heterocycles. The van der Waals surface area contributed by atoms with Crippen LogP contribution in [-0.2, 0) is 4.79 Å². The minimum Gasteiger partial charge on any atom is -0.497 e. The van der Waals surface area contributed by atoms with Gasteiger partial charge >= 0.3 is 6.03 Å². The predicted octanol–water partition coefficient (Wildman–Crippen LogP) is 2.75. The van der Waals surface area contributed by atoms with Crippen LogP contribution >= 0.6 is 0 Å². The first-order valence-electron chi connectivity index (χ1n) is 10.9. The standard InChI is InChI=1S/C22H31N5O3/c1-4-5-6-7-8-13-27-20(28)18-19(24(2)22(27)29)23-21-25(14-15-26(18)21)16-9-11-17(30-3)12-10-16/h9-12,18-19H,4-8,13-15H2,1-3H3. The summed E-state index contributed by atoms with van der Waals surface area (Å²) < 4.78 is 5.25. The molecule has 3 aliphatic heterocycles. The van der Waals surface area contributed by atoms with Crippen molar-refractivity contribution >= 4 is 23.6 Å². The number of aliphatic imine (C=N–C) groups is 1. The number of amides is 3. The van der Waals surface area contributed by atoms with Crippen LogP contribution in [0.4, 0.5) is 10.5 Å². The van der Waals surface area contributed by atoms with Crippen molar-refractivity contribution in [1.82, 2.24) is 14.7 Å². The molecule has 0 spiro atoms. The van der Waals surface area contributed by atoms with Gasteiger partial charge in [-0.05, 0) is 30.7 Å². The molecule has 0 radical (unpaired) electrons. The van der Waals surface area contributed by atoms with E-state index in [9.17, 15) is 9.59 Å². The van der Waals surface area contributed by atoms with Gasteiger partial charge in [-0.25, -0.2) is 9.79 Å². The van der Waals surface area contributed by atoms with Crippen LogP contribution in [0.25, 0.3) is 0 Å². The SMILES string of the molecule is CCCCCCCN1C(=O)C2C(N=C3N(c4ccc(OC)cc4)CCN32)N(C)C1=O. The molecule has 0 aliphatic carbocycles. The van der Waals surface area contributed by atoms with E-state index >= 15 is 0 Å². The van der Waals surface area contributed by atoms with E-state index < -0.39 is 12.2 Å². The Morgan fingerprint density at radius 1 is 1.07 bits per heavy atom. The third-order valence-electron chi connectivity index (χ3n) is 6.25. The smallest absolute Gasteiger partial charge is 0.328 e. The van der Waals surface area contributed by atoms with Crippen LogP contribution in [0.15, 0.2) is 29.3 Å². The Morgan fingerprint density at radius 2 is 1.80 bits per heavy atom. The number of ether oxygens (including phenoxy) is 1. The van der Waals surface area contributed by atoms with Crippen LogP contribution in [0.2, 0.25) is 0 Å². The van der Waals surface area contributed by atoms with E-state index in [0.29, 0.717) is 13.1 Å². The van der Waals surface area contributed by atoms with E-state index in [4.69, 9.17) is 9.73 Å². The maximum Gasteiger partial charge on any atom is 0.328 e. The highest BCUT2D eigenvalue weighted by Gasteiger charge is 2.54. The number of nitrogens with zero attached hydrogens (tertiary/aromatic N) is 5. The number of hydrogen-bond acceptors (Lipinski definition) is 6. The van der Waals surface area contributed by atoms with E-state index in [-0.39, 0.29) is 11.9 Å². The third kappa shape index (κ3) is 3.48. The number of urea groups is 1. The monoisotopic (exact) mass is 413 g/mol. The number of carbonyl (C=O) groups excluding carboxylic acids is 2. The fourth-order valence-corrected chi connectivity index (χ4v) is 4.52. The highest BCUT2D eigenvalue weighted by atomic mass is 16.5. The van der Waals surface area contributed by atoms with Gasteiger partial charge in [-0.3, -0.25) is 9.69 Å². The molecule has 0 saturated carbocycles. The number of rotatable bonds is 8. The first kappa shape index (κ1) is 20.5. The lowest BCUT2D eigenvalue weighted by Crippen LogP contribution is -2.64. The molecular formula is C22H31N5O3. The van der Waals surface area contributed by atoms with Gasteiger partial charge in [0.25, 0.3) is 5.91 Å². The van der Waals surface area contributed by atoms with Crippen molar-refractivity contribution in [1.29, 1.82) is 0 Å². The van der Waals surface area contributed by atoms with Gasteiger partial charge in [0.15, 0.2) is 12.2 Å². The number of imide groups is 1. The summed E-state index contributed by atoms with van der Waals surface area (Å²) in [4.78, 5) is 38.2. The second-order valence-corrected chi connectivity index (χ2v) is 8.13. The van der Waals surface area contributed by atoms with E-state index in [0.717, 1.165) is 43.2 Å². The summed E-state index contributed by atoms with van der Waals surface area (Å²) in [7, 11) is 3.40. The van der Waals surface area contributed by atoms with Crippen molar-refractivity contribution < 1.29 is 14.3 Å². The zero-order chi connectivity index (χ0) is 21.3. The molecule has 0 aromatic heterocycles. The van der Waals surface area contributed by atoms with Gasteiger partial charge in [0, 0.05) is 32.4 Å². The van der Waals surface area contributed by atoms with Crippen molar-refractivity contribution in [3.05, 3.63) is 24.3 Å². The number of guanidine groups is 1. The zero-order valence-electron chi connectivity index (χ0n) is 18.1. The highest BCUT2D eigenvalue weighted by Crippen LogP contribution is 2.33. The number of hydrogen-bond donors (Lipinski definition) is 0. The number of anilines is 1. The summed E-state index contributed by atoms with van der Waals surface area (Å²) in [5.41, 5.74) is 1.00. The Hall–Kier alpha value is -2.77. The van der Waals surface area contributed by atoms with Gasteiger partial charge in [0.1, 0.15) is 5.75 Å². The third-order valence-corrected chi connectivity index (χ3v) is 6.25. The Morgan fingerprint density at radius 3 is 2.50 bits per heavy atom. The Labute approximate surface area is 178 Å². The van der Waals surface area contributed by atoms with Gasteiger partial charge in [0.05, 0.1) is 7.11 Å². The molecule has 3 heterocycles. The number of methoxy groups -OCH3 is 1. The minimum absolute atomic E-state index is 0.117. The molecule has 2 atom stereocenters. The molecule has 2 unspecified atom stereocenters. The Kier molecular flexibility index (Phi) is 5.83. The van der Waals surface area contributed by atoms with E-state index in [1.165, 1.54) is 17.7 Å². The highest BCUT2D eigenvalue weighted by molar-refractivity contribution is 6.07. The average molecular weight is 414 g/mol. The lowest BCUT2D eigenvalue weighted by molar-refractivity contribution is -0.137. The van der Waals surface area contributed by atoms with Crippen molar-refractivity contribution in [2.75, 3.05) is 38.7 Å². The molecule has 3 aliphatic rings. The molecular weight excluding hydrogens is 382 g/mol. The van der Waals surface area contributed by atoms with Crippen molar-refractivity contribution in [2.45, 2.75) is 51.2 Å². The number of unbranched alkanes of at least 4 members (excludes halogenated alkanes) is 4. The largest absolute Gasteiger partial charge is 0.497 e. The topological polar surface area (TPSA) is 68.7 Å². The van der Waals surface area contributed by atoms with E-state index in [1.54, 1.807) is 19.1 Å². The molecule has 8 nitrogen and oxygen atoms in total. The van der Waals surface area contributed by atoms with Gasteiger partial charge in [-0.15, -0.1) is 0 Å². The minimum atomic E-state index is -0.461. The average Bonchev–Trinajstić information content (AvgIpc) is 3.34. The zero-order valence-corrected chi connectivity index (χ0v) is 18.1. The first-order chi connectivity index (χ1) is 14.6. The van der Waals surface area contributed by atoms with Crippen LogP contribution in [0.3, 0.4) is 0 Å². The van der Waals surface area contributed by atoms with Crippen molar-refractivity contribution in [3.8, 4) is 5.75 Å². The van der Waals surface area contributed by atoms with Gasteiger partial charge in [-0.1, -0.05) is 32.6 Å². The quantitative estimate of drug-likeness (QED) is 0.613. The molecule has 1 aromatic rings. The number of fused-ring (bicyclic) bond motifs is 3. The molecule has 0 N–H and O–H groups in total. The lowest BCUT2D eigenvalue weighted by Gasteiger charge is -2.40. The second kappa shape index (κ2) is 8.53. The normalized spacial score (nSPS) is 23.1. The fraction of sp³-hybridized carbons (Fsp3) is 0.591. The summed E-state index contributed by atoms with van der Waals surface area (Å²) in [6.07, 6.45) is 4.95. The molecule has 4 rings (SSSR count). The molecule has 1 aromatic carbocycles. The second-order valence-electron chi connectivity index (χ2n) is 8.13.